The van der Waals surface area contributed by atoms with Gasteiger partial charge in [0.25, 0.3) is 5.91 Å². The number of carbonyl (C=O) groups is 2. The van der Waals surface area contributed by atoms with Crippen LogP contribution < -0.4 is 0 Å². The highest BCUT2D eigenvalue weighted by Crippen LogP contribution is 2.20. The third kappa shape index (κ3) is 1.44. The number of rotatable bonds is 1. The van der Waals surface area contributed by atoms with Crippen LogP contribution in [0.2, 0.25) is 0 Å². The number of hydrogen-bond acceptors (Lipinski definition) is 5. The molecule has 1 unspecified atom stereocenters. The molecule has 6 nitrogen and oxygen atoms in total. The second-order valence-corrected chi connectivity index (χ2v) is 3.60. The maximum Gasteiger partial charge on any atom is 0.331 e. The van der Waals surface area contributed by atoms with Crippen LogP contribution >= 0.6 is 11.8 Å². The van der Waals surface area contributed by atoms with E-state index in [0.29, 0.717) is 11.8 Å². The molecule has 7 heteroatoms. The van der Waals surface area contributed by atoms with Gasteiger partial charge in [-0.2, -0.15) is 5.26 Å². The quantitative estimate of drug-likeness (QED) is 0.623. The van der Waals surface area contributed by atoms with Gasteiger partial charge in [0, 0.05) is 14.1 Å². The summed E-state index contributed by atoms with van der Waals surface area (Å²) in [6, 6.07) is -0.546. The van der Waals surface area contributed by atoms with Gasteiger partial charge in [0.15, 0.2) is 5.25 Å². The molecule has 0 aromatic rings. The van der Waals surface area contributed by atoms with Gasteiger partial charge in [-0.25, -0.2) is 4.79 Å². The van der Waals surface area contributed by atoms with E-state index in [1.807, 2.05) is 0 Å². The third-order valence-corrected chi connectivity index (χ3v) is 2.67. The lowest BCUT2D eigenvalue weighted by atomic mass is 10.2. The predicted molar refractivity (Wildman–Crippen MR) is 50.6 cm³/mol. The summed E-state index contributed by atoms with van der Waals surface area (Å²) in [5.41, 5.74) is 0. The Morgan fingerprint density at radius 2 is 2.00 bits per heavy atom. The number of nitrogens with zero attached hydrogens (tertiary/aromatic N) is 3. The molecule has 1 aliphatic rings. The lowest BCUT2D eigenvalue weighted by molar-refractivity contribution is -0.126. The molecule has 1 aliphatic heterocycles. The highest BCUT2D eigenvalue weighted by atomic mass is 32.2. The van der Waals surface area contributed by atoms with Gasteiger partial charge in [0.05, 0.1) is 0 Å². The van der Waals surface area contributed by atoms with E-state index in [1.165, 1.54) is 14.1 Å². The van der Waals surface area contributed by atoms with E-state index in [9.17, 15) is 9.59 Å². The van der Waals surface area contributed by atoms with Gasteiger partial charge >= 0.3 is 6.03 Å². The minimum absolute atomic E-state index is 0.148. The first kappa shape index (κ1) is 10.5. The smallest absolute Gasteiger partial charge is 0.287 e. The fourth-order valence-electron chi connectivity index (χ4n) is 1.05. The lowest BCUT2D eigenvalue weighted by Crippen LogP contribution is -2.58. The van der Waals surface area contributed by atoms with E-state index in [2.05, 4.69) is 0 Å². The van der Waals surface area contributed by atoms with Crippen molar-refractivity contribution in [1.82, 2.24) is 9.80 Å². The predicted octanol–water partition coefficient (Wildman–Crippen LogP) is 0.0703. The van der Waals surface area contributed by atoms with E-state index in [4.69, 9.17) is 10.7 Å². The molecule has 1 heterocycles. The molecule has 14 heavy (non-hydrogen) atoms. The average molecular weight is 212 g/mol. The first-order valence-electron chi connectivity index (χ1n) is 3.69. The Bertz CT molecular complexity index is 324. The number of thiocyanates is 1. The normalized spacial score (nSPS) is 22.6. The second kappa shape index (κ2) is 3.67. The monoisotopic (exact) mass is 212 g/mol. The van der Waals surface area contributed by atoms with Crippen LogP contribution in [0.3, 0.4) is 0 Å². The second-order valence-electron chi connectivity index (χ2n) is 2.71. The Labute approximate surface area is 85.0 Å². The van der Waals surface area contributed by atoms with Crippen LogP contribution in [0, 0.1) is 16.1 Å². The Kier molecular flexibility index (Phi) is 2.76. The van der Waals surface area contributed by atoms with Crippen LogP contribution in [0.5, 0.6) is 0 Å². The molecule has 1 atom stereocenters. The molecule has 1 fully saturated rings. The Balaban J connectivity index is 2.99. The third-order valence-electron chi connectivity index (χ3n) is 1.91. The number of carbonyl (C=O) groups excluding carboxylic acids is 2. The summed E-state index contributed by atoms with van der Waals surface area (Å²) in [5.74, 6) is -0.672. The zero-order chi connectivity index (χ0) is 10.9. The number of urea groups is 1. The number of thioether (sulfide) groups is 1. The average Bonchev–Trinajstić information content (AvgIpc) is 2.19. The van der Waals surface area contributed by atoms with E-state index in [1.54, 1.807) is 5.40 Å². The summed E-state index contributed by atoms with van der Waals surface area (Å²) in [7, 11) is 2.73. The molecule has 0 radical (unpaired) electrons. The van der Waals surface area contributed by atoms with Gasteiger partial charge in [-0.3, -0.25) is 20.0 Å². The van der Waals surface area contributed by atoms with Gasteiger partial charge in [-0.1, -0.05) is 0 Å². The van der Waals surface area contributed by atoms with E-state index >= 15 is 0 Å². The molecule has 3 amide bonds. The summed E-state index contributed by atoms with van der Waals surface area (Å²) in [6.07, 6.45) is 0. The van der Waals surface area contributed by atoms with Gasteiger partial charge in [-0.05, 0) is 11.8 Å². The Morgan fingerprint density at radius 1 is 1.43 bits per heavy atom. The molecule has 1 saturated heterocycles. The van der Waals surface area contributed by atoms with Crippen molar-refractivity contribution in [1.29, 1.82) is 10.7 Å². The molecule has 0 aliphatic carbocycles. The number of hydrogen-bond donors (Lipinski definition) is 1. The molecule has 0 aromatic carbocycles. The number of amides is 3. The van der Waals surface area contributed by atoms with Crippen LogP contribution in [0.15, 0.2) is 0 Å². The van der Waals surface area contributed by atoms with Gasteiger partial charge in [-0.15, -0.1) is 0 Å². The highest BCUT2D eigenvalue weighted by molar-refractivity contribution is 8.05. The minimum atomic E-state index is -0.896. The summed E-state index contributed by atoms with van der Waals surface area (Å²) in [6.45, 7) is 0. The Hall–Kier alpha value is -1.55. The maximum absolute atomic E-state index is 11.4. The zero-order valence-corrected chi connectivity index (χ0v) is 8.46. The van der Waals surface area contributed by atoms with Crippen LogP contribution in [-0.4, -0.2) is 46.9 Å². The number of imide groups is 1. The van der Waals surface area contributed by atoms with Gasteiger partial charge in [0.1, 0.15) is 11.2 Å². The first-order valence-corrected chi connectivity index (χ1v) is 4.57. The van der Waals surface area contributed by atoms with Crippen molar-refractivity contribution >= 4 is 29.5 Å². The van der Waals surface area contributed by atoms with Gasteiger partial charge in [0.2, 0.25) is 0 Å². The van der Waals surface area contributed by atoms with Gasteiger partial charge < -0.3 is 0 Å². The largest absolute Gasteiger partial charge is 0.331 e. The lowest BCUT2D eigenvalue weighted by Gasteiger charge is -2.33. The van der Waals surface area contributed by atoms with Crippen molar-refractivity contribution in [2.75, 3.05) is 14.1 Å². The summed E-state index contributed by atoms with van der Waals surface area (Å²) < 4.78 is 0. The fourth-order valence-corrected chi connectivity index (χ4v) is 1.68. The van der Waals surface area contributed by atoms with Crippen molar-refractivity contribution in [2.24, 2.45) is 0 Å². The number of nitriles is 1. The van der Waals surface area contributed by atoms with E-state index in [0.717, 1.165) is 9.80 Å². The van der Waals surface area contributed by atoms with Crippen LogP contribution in [-0.2, 0) is 4.79 Å². The fraction of sp³-hybridized carbons (Fsp3) is 0.429. The van der Waals surface area contributed by atoms with Crippen LogP contribution in [0.4, 0.5) is 4.79 Å². The Morgan fingerprint density at radius 3 is 2.50 bits per heavy atom. The first-order chi connectivity index (χ1) is 6.50. The summed E-state index contributed by atoms with van der Waals surface area (Å²) in [4.78, 5) is 24.7. The van der Waals surface area contributed by atoms with Crippen LogP contribution in [0.1, 0.15) is 0 Å². The van der Waals surface area contributed by atoms with E-state index < -0.39 is 17.2 Å². The molecule has 1 rings (SSSR count). The molecule has 0 saturated carbocycles. The summed E-state index contributed by atoms with van der Waals surface area (Å²) in [5, 5.41) is 16.8. The van der Waals surface area contributed by atoms with Crippen molar-refractivity contribution in [3.05, 3.63) is 0 Å². The maximum atomic E-state index is 11.4. The molecular weight excluding hydrogens is 204 g/mol. The number of amidine groups is 1. The van der Waals surface area contributed by atoms with Crippen molar-refractivity contribution < 1.29 is 9.59 Å². The molecule has 74 valence electrons. The minimum Gasteiger partial charge on any atom is -0.287 e. The van der Waals surface area contributed by atoms with E-state index in [-0.39, 0.29) is 5.84 Å². The molecular formula is C7H8N4O2S. The van der Waals surface area contributed by atoms with Crippen molar-refractivity contribution in [3.8, 4) is 5.40 Å². The van der Waals surface area contributed by atoms with Crippen molar-refractivity contribution in [2.45, 2.75) is 5.25 Å². The molecule has 1 N–H and O–H groups in total. The summed E-state index contributed by atoms with van der Waals surface area (Å²) >= 11 is 0.674. The standard InChI is InChI=1S/C7H8N4O2S/c1-10-5(9)4(14-3-8)6(12)11(2)7(10)13/h4,9H,1-2H3. The topological polar surface area (TPSA) is 88.3 Å². The SMILES string of the molecule is CN1C(=N)C(SC#N)C(=O)N(C)C1=O. The molecule has 0 bridgehead atoms. The molecule has 0 spiro atoms. The highest BCUT2D eigenvalue weighted by Gasteiger charge is 2.40. The number of nitrogens with one attached hydrogen (secondary N) is 1. The zero-order valence-electron chi connectivity index (χ0n) is 7.64. The van der Waals surface area contributed by atoms with Crippen LogP contribution in [0.25, 0.3) is 0 Å². The van der Waals surface area contributed by atoms with Crippen molar-refractivity contribution in [3.63, 3.8) is 0 Å². The molecule has 0 aromatic heterocycles.